The molecule has 0 bridgehead atoms. The Balaban J connectivity index is 0.00000216. The standard InChI is InChI=1S/C24H40O8S.2Na/c1-13(4-7-21(27)28)16-5-6-17-22-18(12-20(26)24(16,17)3)23(2)9-8-15(32-33(29,30)31)10-14(23)11-19(22)25;;/h13-20,22,25-26H,4-12H2,1-3H3,(H,27,28)(H,29,30,31);;/q;2*+1/p-2/t13-,14+,15-,16-,17+,18+,19-,20+,22+,23+,24-;;/m1../s1. The Morgan fingerprint density at radius 3 is 2.34 bits per heavy atom. The van der Waals surface area contributed by atoms with Crippen LogP contribution in [-0.2, 0) is 19.4 Å². The van der Waals surface area contributed by atoms with E-state index >= 15 is 0 Å². The number of rotatable bonds is 6. The second kappa shape index (κ2) is 11.8. The number of aliphatic carboxylic acids is 1. The number of fused-ring (bicyclic) bond motifs is 5. The zero-order valence-electron chi connectivity index (χ0n) is 21.8. The van der Waals surface area contributed by atoms with E-state index in [1.54, 1.807) is 0 Å². The number of hydrogen-bond donors (Lipinski definition) is 2. The summed E-state index contributed by atoms with van der Waals surface area (Å²) in [6.07, 6.45) is 3.38. The molecule has 0 aromatic rings. The Hall–Kier alpha value is 1.26. The fourth-order valence-corrected chi connectivity index (χ4v) is 9.42. The number of carbonyl (C=O) groups is 1. The van der Waals surface area contributed by atoms with Crippen molar-refractivity contribution in [1.82, 2.24) is 0 Å². The van der Waals surface area contributed by atoms with Crippen molar-refractivity contribution >= 4 is 16.4 Å². The number of aliphatic hydroxyl groups excluding tert-OH is 2. The molecule has 4 fully saturated rings. The Morgan fingerprint density at radius 2 is 1.74 bits per heavy atom. The minimum Gasteiger partial charge on any atom is -0.726 e. The van der Waals surface area contributed by atoms with E-state index in [9.17, 15) is 33.1 Å². The van der Waals surface area contributed by atoms with Crippen LogP contribution in [0.15, 0.2) is 0 Å². The minimum absolute atomic E-state index is 0. The molecule has 4 aliphatic rings. The van der Waals surface area contributed by atoms with Crippen LogP contribution in [-0.4, -0.2) is 47.5 Å². The van der Waals surface area contributed by atoms with Crippen LogP contribution in [0.4, 0.5) is 0 Å². The number of carboxylic acid groups (broad SMARTS) is 1. The van der Waals surface area contributed by atoms with Crippen molar-refractivity contribution in [3.8, 4) is 0 Å². The van der Waals surface area contributed by atoms with Crippen molar-refractivity contribution in [1.29, 1.82) is 0 Å². The molecule has 0 aromatic carbocycles. The molecule has 4 saturated carbocycles. The molecular weight excluding hydrogens is 494 g/mol. The predicted octanol–water partition coefficient (Wildman–Crippen LogP) is -4.39. The van der Waals surface area contributed by atoms with Crippen LogP contribution in [0, 0.1) is 46.3 Å². The van der Waals surface area contributed by atoms with Crippen LogP contribution >= 0.6 is 0 Å². The van der Waals surface area contributed by atoms with E-state index in [0.29, 0.717) is 38.5 Å². The number of hydrogen-bond acceptors (Lipinski definition) is 8. The van der Waals surface area contributed by atoms with Crippen LogP contribution in [0.3, 0.4) is 0 Å². The molecule has 11 heteroatoms. The predicted molar refractivity (Wildman–Crippen MR) is 116 cm³/mol. The van der Waals surface area contributed by atoms with Gasteiger partial charge in [0.25, 0.3) is 0 Å². The summed E-state index contributed by atoms with van der Waals surface area (Å²) in [5.41, 5.74) is -0.523. The Labute approximate surface area is 253 Å². The third-order valence-corrected chi connectivity index (χ3v) is 11.1. The zero-order chi connectivity index (χ0) is 24.3. The fraction of sp³-hybridized carbons (Fsp3) is 0.958. The van der Waals surface area contributed by atoms with Crippen LogP contribution in [0.25, 0.3) is 0 Å². The molecule has 0 spiro atoms. The molecule has 0 aliphatic heterocycles. The van der Waals surface area contributed by atoms with Crippen LogP contribution in [0.5, 0.6) is 0 Å². The summed E-state index contributed by atoms with van der Waals surface area (Å²) in [7, 11) is -4.76. The monoisotopic (exact) mass is 532 g/mol. The SMILES string of the molecule is C[C@H](CCC(=O)[O-])[C@H]1CC[C@H]2[C@@H]3[C@H](O)C[C@@H]4C[C@H](OS(=O)(=O)[O-])CC[C@]4(C)[C@H]3C[C@H](O)[C@]12C.[Na+].[Na+]. The largest absolute Gasteiger partial charge is 1.00 e. The topological polar surface area (TPSA) is 147 Å². The van der Waals surface area contributed by atoms with Crippen LogP contribution < -0.4 is 64.2 Å². The van der Waals surface area contributed by atoms with Crippen LogP contribution in [0.1, 0.15) is 78.6 Å². The second-order valence-corrected chi connectivity index (χ2v) is 12.9. The van der Waals surface area contributed by atoms with Gasteiger partial charge in [-0.2, -0.15) is 0 Å². The molecule has 4 aliphatic carbocycles. The molecule has 0 saturated heterocycles. The van der Waals surface area contributed by atoms with E-state index in [0.717, 1.165) is 12.8 Å². The van der Waals surface area contributed by atoms with E-state index < -0.39 is 34.7 Å². The van der Waals surface area contributed by atoms with E-state index in [4.69, 9.17) is 4.18 Å². The number of carbonyl (C=O) groups excluding carboxylic acids is 1. The number of aliphatic hydroxyl groups is 2. The summed E-state index contributed by atoms with van der Waals surface area (Å²) < 4.78 is 38.1. The van der Waals surface area contributed by atoms with Gasteiger partial charge in [-0.1, -0.05) is 20.8 Å². The van der Waals surface area contributed by atoms with Gasteiger partial charge in [0.1, 0.15) is 0 Å². The van der Waals surface area contributed by atoms with E-state index in [1.807, 2.05) is 0 Å². The second-order valence-electron chi connectivity index (χ2n) is 11.9. The quantitative estimate of drug-likeness (QED) is 0.198. The number of carboxylic acids is 1. The molecule has 0 unspecified atom stereocenters. The molecule has 11 atom stereocenters. The molecule has 2 N–H and O–H groups in total. The summed E-state index contributed by atoms with van der Waals surface area (Å²) in [5.74, 6) is -0.343. The Bertz CT molecular complexity index is 872. The van der Waals surface area contributed by atoms with E-state index in [1.165, 1.54) is 0 Å². The van der Waals surface area contributed by atoms with Gasteiger partial charge in [-0.3, -0.25) is 4.18 Å². The molecular formula is C24H38Na2O8S. The maximum absolute atomic E-state index is 11.5. The molecule has 0 radical (unpaired) electrons. The first kappa shape index (κ1) is 32.5. The van der Waals surface area contributed by atoms with Gasteiger partial charge in [0.05, 0.1) is 18.3 Å². The molecule has 0 aromatic heterocycles. The van der Waals surface area contributed by atoms with Crippen LogP contribution in [0.2, 0.25) is 0 Å². The van der Waals surface area contributed by atoms with E-state index in [-0.39, 0.29) is 112 Å². The van der Waals surface area contributed by atoms with Crippen molar-refractivity contribution < 1.29 is 96.4 Å². The summed E-state index contributed by atoms with van der Waals surface area (Å²) in [4.78, 5) is 11.0. The Kier molecular flexibility index (Phi) is 10.9. The average Bonchev–Trinajstić information content (AvgIpc) is 3.05. The minimum atomic E-state index is -4.76. The van der Waals surface area contributed by atoms with Gasteiger partial charge in [-0.25, -0.2) is 8.42 Å². The average molecular weight is 533 g/mol. The molecule has 8 nitrogen and oxygen atoms in total. The molecule has 190 valence electrons. The van der Waals surface area contributed by atoms with Gasteiger partial charge in [0, 0.05) is 5.97 Å². The smallest absolute Gasteiger partial charge is 0.726 e. The van der Waals surface area contributed by atoms with Crippen molar-refractivity contribution in [3.05, 3.63) is 0 Å². The normalized spacial score (nSPS) is 45.7. The first-order valence-corrected chi connectivity index (χ1v) is 13.8. The summed E-state index contributed by atoms with van der Waals surface area (Å²) in [6, 6.07) is 0. The third kappa shape index (κ3) is 6.06. The Morgan fingerprint density at radius 1 is 1.09 bits per heavy atom. The van der Waals surface area contributed by atoms with Gasteiger partial charge in [-0.05, 0) is 104 Å². The van der Waals surface area contributed by atoms with Gasteiger partial charge in [0.2, 0.25) is 10.4 Å². The van der Waals surface area contributed by atoms with Gasteiger partial charge in [-0.15, -0.1) is 0 Å². The van der Waals surface area contributed by atoms with Crippen molar-refractivity contribution in [3.63, 3.8) is 0 Å². The molecule has 0 amide bonds. The van der Waals surface area contributed by atoms with Gasteiger partial charge in [0.15, 0.2) is 0 Å². The van der Waals surface area contributed by atoms with Crippen molar-refractivity contribution in [2.24, 2.45) is 46.3 Å². The summed E-state index contributed by atoms with van der Waals surface area (Å²) in [6.45, 7) is 6.41. The van der Waals surface area contributed by atoms with Gasteiger partial charge < -0.3 is 24.7 Å². The van der Waals surface area contributed by atoms with Crippen molar-refractivity contribution in [2.45, 2.75) is 96.9 Å². The van der Waals surface area contributed by atoms with Gasteiger partial charge >= 0.3 is 59.1 Å². The maximum atomic E-state index is 11.5. The summed E-state index contributed by atoms with van der Waals surface area (Å²) >= 11 is 0. The first-order valence-electron chi connectivity index (χ1n) is 12.5. The zero-order valence-corrected chi connectivity index (χ0v) is 26.6. The molecule has 0 heterocycles. The third-order valence-electron chi connectivity index (χ3n) is 10.6. The van der Waals surface area contributed by atoms with Crippen molar-refractivity contribution in [2.75, 3.05) is 0 Å². The van der Waals surface area contributed by atoms with E-state index in [2.05, 4.69) is 20.8 Å². The molecule has 35 heavy (non-hydrogen) atoms. The first-order chi connectivity index (χ1) is 15.3. The maximum Gasteiger partial charge on any atom is 1.00 e. The summed E-state index contributed by atoms with van der Waals surface area (Å²) in [5, 5.41) is 33.8. The fourth-order valence-electron chi connectivity index (χ4n) is 8.92. The molecule has 4 rings (SSSR count).